The molecule has 0 aromatic heterocycles. The Kier molecular flexibility index (Phi) is 12.0. The van der Waals surface area contributed by atoms with Crippen LogP contribution in [0.4, 0.5) is 4.79 Å². The molecule has 3 amide bonds. The number of hydrogen-bond donors (Lipinski definition) is 3. The van der Waals surface area contributed by atoms with E-state index in [1.165, 1.54) is 20.4 Å². The first-order valence-corrected chi connectivity index (χ1v) is 15.3. The van der Waals surface area contributed by atoms with Crippen molar-refractivity contribution in [3.05, 3.63) is 91.7 Å². The Labute approximate surface area is 285 Å². The maximum atomic E-state index is 12.6. The summed E-state index contributed by atoms with van der Waals surface area (Å²) in [6, 6.07) is 16.4. The molecule has 0 aliphatic carbocycles. The number of amides is 3. The van der Waals surface area contributed by atoms with Gasteiger partial charge in [-0.25, -0.2) is 15.0 Å². The summed E-state index contributed by atoms with van der Waals surface area (Å²) in [5.41, 5.74) is 5.35. The van der Waals surface area contributed by atoms with Gasteiger partial charge in [-0.3, -0.25) is 4.79 Å². The molecule has 1 aliphatic rings. The largest absolute Gasteiger partial charge is 0.493 e. The van der Waals surface area contributed by atoms with E-state index >= 15 is 0 Å². The first kappa shape index (κ1) is 34.6. The predicted octanol–water partition coefficient (Wildman–Crippen LogP) is 4.48. The van der Waals surface area contributed by atoms with Crippen molar-refractivity contribution in [3.8, 4) is 29.1 Å². The molecule has 0 saturated carbocycles. The van der Waals surface area contributed by atoms with Crippen molar-refractivity contribution in [2.75, 3.05) is 27.4 Å². The number of nitriles is 1. The maximum absolute atomic E-state index is 12.6. The van der Waals surface area contributed by atoms with Crippen molar-refractivity contribution in [3.63, 3.8) is 0 Å². The maximum Gasteiger partial charge on any atom is 0.338 e. The third kappa shape index (κ3) is 8.70. The summed E-state index contributed by atoms with van der Waals surface area (Å²) in [4.78, 5) is 37.5. The summed E-state index contributed by atoms with van der Waals surface area (Å²) >= 11 is 2.13. The third-order valence-corrected chi connectivity index (χ3v) is 7.44. The van der Waals surface area contributed by atoms with Gasteiger partial charge in [0.05, 0.1) is 50.3 Å². The number of ether oxygens (including phenoxy) is 5. The molecule has 4 rings (SSSR count). The van der Waals surface area contributed by atoms with Gasteiger partial charge in [-0.1, -0.05) is 24.3 Å². The van der Waals surface area contributed by atoms with Gasteiger partial charge in [0.15, 0.2) is 29.6 Å². The van der Waals surface area contributed by atoms with Crippen molar-refractivity contribution in [1.29, 1.82) is 5.26 Å². The highest BCUT2D eigenvalue weighted by molar-refractivity contribution is 14.1. The van der Waals surface area contributed by atoms with Crippen LogP contribution in [0.25, 0.3) is 0 Å². The Hall–Kier alpha value is -5.30. The molecule has 1 heterocycles. The first-order chi connectivity index (χ1) is 22.7. The van der Waals surface area contributed by atoms with E-state index in [4.69, 9.17) is 23.7 Å². The lowest BCUT2D eigenvalue weighted by molar-refractivity contribution is -0.139. The van der Waals surface area contributed by atoms with E-state index in [2.05, 4.69) is 49.8 Å². The molecule has 0 unspecified atom stereocenters. The Bertz CT molecular complexity index is 1770. The fraction of sp³-hybridized carbons (Fsp3) is 0.242. The number of halogens is 1. The van der Waals surface area contributed by atoms with Gasteiger partial charge in [0.2, 0.25) is 0 Å². The van der Waals surface area contributed by atoms with Crippen molar-refractivity contribution >= 4 is 46.7 Å². The number of allylic oxidation sites excluding steroid dienone is 1. The number of urea groups is 1. The van der Waals surface area contributed by atoms with Crippen LogP contribution in [0.5, 0.6) is 23.0 Å². The van der Waals surface area contributed by atoms with Crippen molar-refractivity contribution in [2.24, 2.45) is 5.10 Å². The molecule has 0 spiro atoms. The van der Waals surface area contributed by atoms with E-state index in [0.29, 0.717) is 39.4 Å². The fourth-order valence-corrected chi connectivity index (χ4v) is 5.27. The molecule has 1 aliphatic heterocycles. The molecule has 3 N–H and O–H groups in total. The number of methoxy groups -OCH3 is 2. The molecule has 14 heteroatoms. The number of esters is 1. The van der Waals surface area contributed by atoms with Crippen LogP contribution >= 0.6 is 22.6 Å². The monoisotopic (exact) mass is 753 g/mol. The highest BCUT2D eigenvalue weighted by atomic mass is 127. The van der Waals surface area contributed by atoms with E-state index in [0.717, 1.165) is 3.57 Å². The molecule has 0 fully saturated rings. The molecule has 3 aromatic rings. The second kappa shape index (κ2) is 16.3. The number of hydrogen-bond acceptors (Lipinski definition) is 10. The second-order valence-corrected chi connectivity index (χ2v) is 11.1. The SMILES string of the molecule is CCOC(=O)C1=C(C)NC(=O)N[C@@H]1c1ccc(OCC(=O)N/N=C/c2cc(I)cc(OC)c2OCc2ccccc2C#N)c(OC)c1. The van der Waals surface area contributed by atoms with Gasteiger partial charge >= 0.3 is 12.0 Å². The first-order valence-electron chi connectivity index (χ1n) is 14.2. The molecular weight excluding hydrogens is 721 g/mol. The minimum atomic E-state index is -0.794. The molecule has 3 aromatic carbocycles. The van der Waals surface area contributed by atoms with Gasteiger partial charge in [-0.05, 0) is 72.3 Å². The molecule has 0 saturated heterocycles. The topological polar surface area (TPSA) is 170 Å². The predicted molar refractivity (Wildman–Crippen MR) is 179 cm³/mol. The second-order valence-electron chi connectivity index (χ2n) is 9.87. The normalized spacial score (nSPS) is 14.0. The number of carbonyl (C=O) groups excluding carboxylic acids is 3. The summed E-state index contributed by atoms with van der Waals surface area (Å²) in [7, 11) is 2.95. The van der Waals surface area contributed by atoms with Gasteiger partial charge in [-0.15, -0.1) is 0 Å². The number of nitrogens with zero attached hydrogens (tertiary/aromatic N) is 2. The number of nitrogens with one attached hydrogen (secondary N) is 3. The fourth-order valence-electron chi connectivity index (χ4n) is 4.65. The molecule has 1 atom stereocenters. The minimum Gasteiger partial charge on any atom is -0.493 e. The van der Waals surface area contributed by atoms with Crippen LogP contribution in [0.3, 0.4) is 0 Å². The Morgan fingerprint density at radius 3 is 2.55 bits per heavy atom. The highest BCUT2D eigenvalue weighted by Crippen LogP contribution is 2.35. The summed E-state index contributed by atoms with van der Waals surface area (Å²) in [6.07, 6.45) is 1.42. The molecule has 0 bridgehead atoms. The Balaban J connectivity index is 1.44. The summed E-state index contributed by atoms with van der Waals surface area (Å²) < 4.78 is 28.8. The van der Waals surface area contributed by atoms with E-state index in [1.807, 2.05) is 12.1 Å². The van der Waals surface area contributed by atoms with E-state index in [-0.39, 0.29) is 30.3 Å². The average Bonchev–Trinajstić information content (AvgIpc) is 3.06. The standard InChI is InChI=1S/C33H32IN5O8/c1-5-45-32(41)29-19(2)37-33(42)38-30(29)20-10-11-25(26(13-20)43-3)46-18-28(40)39-36-16-23-12-24(34)14-27(44-4)31(23)47-17-22-9-7-6-8-21(22)15-35/h6-14,16,30H,5,17-18H2,1-4H3,(H,39,40)(H2,37,38,42)/b36-16+/t30-/m1/s1. The van der Waals surface area contributed by atoms with Crippen LogP contribution in [0.15, 0.2) is 71.0 Å². The van der Waals surface area contributed by atoms with E-state index in [1.54, 1.807) is 56.3 Å². The third-order valence-electron chi connectivity index (χ3n) is 6.82. The molecule has 47 heavy (non-hydrogen) atoms. The van der Waals surface area contributed by atoms with Crippen molar-refractivity contribution in [1.82, 2.24) is 16.1 Å². The van der Waals surface area contributed by atoms with E-state index < -0.39 is 30.6 Å². The molecular formula is C33H32IN5O8. The lowest BCUT2D eigenvalue weighted by Gasteiger charge is -2.28. The van der Waals surface area contributed by atoms with E-state index in [9.17, 15) is 19.6 Å². The van der Waals surface area contributed by atoms with Crippen LogP contribution < -0.4 is 35.0 Å². The van der Waals surface area contributed by atoms with Crippen LogP contribution in [-0.4, -0.2) is 51.6 Å². The summed E-state index contributed by atoms with van der Waals surface area (Å²) in [5.74, 6) is 0.264. The van der Waals surface area contributed by atoms with Gasteiger partial charge < -0.3 is 34.3 Å². The Morgan fingerprint density at radius 2 is 1.83 bits per heavy atom. The van der Waals surface area contributed by atoms with Crippen LogP contribution in [0.1, 0.15) is 42.1 Å². The molecule has 244 valence electrons. The number of rotatable bonds is 13. The summed E-state index contributed by atoms with van der Waals surface area (Å²) in [6.45, 7) is 3.21. The molecule has 0 radical (unpaired) electrons. The zero-order chi connectivity index (χ0) is 33.9. The zero-order valence-corrected chi connectivity index (χ0v) is 28.2. The number of carbonyl (C=O) groups is 3. The summed E-state index contributed by atoms with van der Waals surface area (Å²) in [5, 5.41) is 18.8. The van der Waals surface area contributed by atoms with Crippen molar-refractivity contribution < 1.29 is 38.1 Å². The van der Waals surface area contributed by atoms with Crippen LogP contribution in [-0.2, 0) is 20.9 Å². The zero-order valence-electron chi connectivity index (χ0n) is 26.0. The number of hydrazone groups is 1. The van der Waals surface area contributed by atoms with Gasteiger partial charge in [0, 0.05) is 20.4 Å². The van der Waals surface area contributed by atoms with Crippen LogP contribution in [0, 0.1) is 14.9 Å². The average molecular weight is 754 g/mol. The molecule has 13 nitrogen and oxygen atoms in total. The quantitative estimate of drug-likeness (QED) is 0.0987. The number of benzene rings is 3. The smallest absolute Gasteiger partial charge is 0.338 e. The van der Waals surface area contributed by atoms with Crippen LogP contribution in [0.2, 0.25) is 0 Å². The minimum absolute atomic E-state index is 0.117. The van der Waals surface area contributed by atoms with Gasteiger partial charge in [0.25, 0.3) is 5.91 Å². The van der Waals surface area contributed by atoms with Gasteiger partial charge in [-0.2, -0.15) is 10.4 Å². The highest BCUT2D eigenvalue weighted by Gasteiger charge is 2.32. The Morgan fingerprint density at radius 1 is 1.06 bits per heavy atom. The van der Waals surface area contributed by atoms with Crippen molar-refractivity contribution in [2.45, 2.75) is 26.5 Å². The lowest BCUT2D eigenvalue weighted by atomic mass is 9.95. The lowest BCUT2D eigenvalue weighted by Crippen LogP contribution is -2.45. The van der Waals surface area contributed by atoms with Gasteiger partial charge in [0.1, 0.15) is 6.61 Å².